The number of benzene rings is 2. The Balaban J connectivity index is 1.51. The molecular formula is C22H18N4O3. The molecule has 0 aliphatic heterocycles. The number of nitrogens with zero attached hydrogens (tertiary/aromatic N) is 4. The molecule has 29 heavy (non-hydrogen) atoms. The first kappa shape index (κ1) is 18.4. The average molecular weight is 386 g/mol. The molecule has 0 radical (unpaired) electrons. The molecular weight excluding hydrogens is 368 g/mol. The molecule has 4 rings (SSSR count). The fraction of sp³-hybridized carbons (Fsp3) is 0.0909. The lowest BCUT2D eigenvalue weighted by molar-refractivity contribution is 0.0526. The molecule has 7 heteroatoms. The SMILES string of the molecule is CCOC(=O)c1ccc(-c2ccc(/C=N\n3cnnc3-c3ccccc3)o2)cc1. The molecule has 0 saturated heterocycles. The number of furan rings is 1. The van der Waals surface area contributed by atoms with Gasteiger partial charge in [-0.3, -0.25) is 0 Å². The third-order valence-electron chi connectivity index (χ3n) is 4.18. The maximum atomic E-state index is 11.7. The Morgan fingerprint density at radius 1 is 1.07 bits per heavy atom. The third kappa shape index (κ3) is 4.14. The van der Waals surface area contributed by atoms with Crippen LogP contribution in [0.3, 0.4) is 0 Å². The van der Waals surface area contributed by atoms with Gasteiger partial charge in [0, 0.05) is 11.1 Å². The number of carbonyl (C=O) groups excluding carboxylic acids is 1. The molecule has 2 aromatic carbocycles. The second-order valence-electron chi connectivity index (χ2n) is 6.11. The first-order valence-corrected chi connectivity index (χ1v) is 9.12. The van der Waals surface area contributed by atoms with Crippen molar-refractivity contribution in [2.45, 2.75) is 6.92 Å². The first-order valence-electron chi connectivity index (χ1n) is 9.12. The number of carbonyl (C=O) groups is 1. The molecule has 0 spiro atoms. The van der Waals surface area contributed by atoms with Crippen LogP contribution in [0.1, 0.15) is 23.0 Å². The number of hydrogen-bond acceptors (Lipinski definition) is 6. The van der Waals surface area contributed by atoms with E-state index in [0.29, 0.717) is 29.5 Å². The van der Waals surface area contributed by atoms with E-state index in [1.54, 1.807) is 29.9 Å². The summed E-state index contributed by atoms with van der Waals surface area (Å²) in [5, 5.41) is 12.4. The fourth-order valence-corrected chi connectivity index (χ4v) is 2.77. The lowest BCUT2D eigenvalue weighted by atomic mass is 10.1. The van der Waals surface area contributed by atoms with Crippen LogP contribution in [0.25, 0.3) is 22.7 Å². The zero-order chi connectivity index (χ0) is 20.1. The van der Waals surface area contributed by atoms with Crippen molar-refractivity contribution in [1.82, 2.24) is 14.9 Å². The molecule has 0 aliphatic carbocycles. The van der Waals surface area contributed by atoms with Crippen molar-refractivity contribution in [3.05, 3.63) is 84.4 Å². The van der Waals surface area contributed by atoms with Crippen molar-refractivity contribution < 1.29 is 13.9 Å². The van der Waals surface area contributed by atoms with E-state index in [1.807, 2.05) is 54.6 Å². The molecule has 0 fully saturated rings. The van der Waals surface area contributed by atoms with E-state index in [9.17, 15) is 4.79 Å². The molecule has 0 amide bonds. The highest BCUT2D eigenvalue weighted by Gasteiger charge is 2.09. The van der Waals surface area contributed by atoms with Gasteiger partial charge >= 0.3 is 5.97 Å². The van der Waals surface area contributed by atoms with Crippen molar-refractivity contribution >= 4 is 12.2 Å². The van der Waals surface area contributed by atoms with Crippen molar-refractivity contribution in [2.75, 3.05) is 6.61 Å². The minimum atomic E-state index is -0.338. The summed E-state index contributed by atoms with van der Waals surface area (Å²) >= 11 is 0. The number of aromatic nitrogens is 3. The quantitative estimate of drug-likeness (QED) is 0.365. The molecule has 4 aromatic rings. The normalized spacial score (nSPS) is 11.1. The summed E-state index contributed by atoms with van der Waals surface area (Å²) in [7, 11) is 0. The van der Waals surface area contributed by atoms with Gasteiger partial charge in [-0.1, -0.05) is 42.5 Å². The molecule has 0 bridgehead atoms. The average Bonchev–Trinajstić information content (AvgIpc) is 3.43. The third-order valence-corrected chi connectivity index (χ3v) is 4.18. The van der Waals surface area contributed by atoms with Gasteiger partial charge in [0.25, 0.3) is 0 Å². The van der Waals surface area contributed by atoms with Gasteiger partial charge in [0.2, 0.25) is 0 Å². The fourth-order valence-electron chi connectivity index (χ4n) is 2.77. The van der Waals surface area contributed by atoms with Crippen LogP contribution in [0.5, 0.6) is 0 Å². The number of esters is 1. The molecule has 2 aromatic heterocycles. The highest BCUT2D eigenvalue weighted by Crippen LogP contribution is 2.22. The Kier molecular flexibility index (Phi) is 5.29. The number of hydrogen-bond donors (Lipinski definition) is 0. The molecule has 0 saturated carbocycles. The first-order chi connectivity index (χ1) is 14.2. The molecule has 2 heterocycles. The van der Waals surface area contributed by atoms with Crippen LogP contribution < -0.4 is 0 Å². The Hall–Kier alpha value is -4.00. The second-order valence-corrected chi connectivity index (χ2v) is 6.11. The monoisotopic (exact) mass is 386 g/mol. The van der Waals surface area contributed by atoms with E-state index in [1.165, 1.54) is 6.33 Å². The van der Waals surface area contributed by atoms with Crippen LogP contribution in [0, 0.1) is 0 Å². The Morgan fingerprint density at radius 2 is 1.86 bits per heavy atom. The largest absolute Gasteiger partial charge is 0.462 e. The van der Waals surface area contributed by atoms with Crippen molar-refractivity contribution in [3.63, 3.8) is 0 Å². The summed E-state index contributed by atoms with van der Waals surface area (Å²) < 4.78 is 12.4. The topological polar surface area (TPSA) is 82.5 Å². The summed E-state index contributed by atoms with van der Waals surface area (Å²) in [6, 6.07) is 20.4. The van der Waals surface area contributed by atoms with E-state index in [2.05, 4.69) is 15.3 Å². The maximum absolute atomic E-state index is 11.7. The van der Waals surface area contributed by atoms with E-state index in [0.717, 1.165) is 11.1 Å². The highest BCUT2D eigenvalue weighted by molar-refractivity contribution is 5.90. The summed E-state index contributed by atoms with van der Waals surface area (Å²) in [4.78, 5) is 11.7. The van der Waals surface area contributed by atoms with Gasteiger partial charge in [-0.2, -0.15) is 9.78 Å². The number of ether oxygens (including phenoxy) is 1. The van der Waals surface area contributed by atoms with E-state index < -0.39 is 0 Å². The van der Waals surface area contributed by atoms with Crippen LogP contribution in [0.15, 0.2) is 82.6 Å². The minimum Gasteiger partial charge on any atom is -0.462 e. The van der Waals surface area contributed by atoms with Crippen LogP contribution in [0.4, 0.5) is 0 Å². The number of rotatable bonds is 6. The predicted molar refractivity (Wildman–Crippen MR) is 109 cm³/mol. The molecule has 0 aliphatic rings. The second kappa shape index (κ2) is 8.35. The van der Waals surface area contributed by atoms with Gasteiger partial charge in [0.05, 0.1) is 18.4 Å². The predicted octanol–water partition coefficient (Wildman–Crippen LogP) is 4.26. The Morgan fingerprint density at radius 3 is 2.62 bits per heavy atom. The van der Waals surface area contributed by atoms with Crippen molar-refractivity contribution in [2.24, 2.45) is 5.10 Å². The summed E-state index contributed by atoms with van der Waals surface area (Å²) in [5.41, 5.74) is 2.28. The zero-order valence-corrected chi connectivity index (χ0v) is 15.7. The molecule has 0 atom stereocenters. The van der Waals surface area contributed by atoms with E-state index in [-0.39, 0.29) is 5.97 Å². The molecule has 0 unspecified atom stereocenters. The van der Waals surface area contributed by atoms with Crippen LogP contribution >= 0.6 is 0 Å². The summed E-state index contributed by atoms with van der Waals surface area (Å²) in [6.45, 7) is 2.13. The van der Waals surface area contributed by atoms with Gasteiger partial charge in [0.15, 0.2) is 5.82 Å². The Bertz CT molecular complexity index is 1130. The van der Waals surface area contributed by atoms with E-state index >= 15 is 0 Å². The molecule has 7 nitrogen and oxygen atoms in total. The van der Waals surface area contributed by atoms with Gasteiger partial charge in [-0.05, 0) is 31.2 Å². The lowest BCUT2D eigenvalue weighted by Crippen LogP contribution is -2.03. The van der Waals surface area contributed by atoms with Crippen LogP contribution in [-0.4, -0.2) is 33.7 Å². The summed E-state index contributed by atoms with van der Waals surface area (Å²) in [6.07, 6.45) is 3.14. The molecule has 144 valence electrons. The molecule has 0 N–H and O–H groups in total. The smallest absolute Gasteiger partial charge is 0.338 e. The van der Waals surface area contributed by atoms with E-state index in [4.69, 9.17) is 9.15 Å². The Labute approximate surface area is 167 Å². The van der Waals surface area contributed by atoms with Crippen molar-refractivity contribution in [1.29, 1.82) is 0 Å². The highest BCUT2D eigenvalue weighted by atomic mass is 16.5. The van der Waals surface area contributed by atoms with Gasteiger partial charge < -0.3 is 9.15 Å². The van der Waals surface area contributed by atoms with Gasteiger partial charge in [0.1, 0.15) is 17.8 Å². The minimum absolute atomic E-state index is 0.338. The zero-order valence-electron chi connectivity index (χ0n) is 15.7. The summed E-state index contributed by atoms with van der Waals surface area (Å²) in [5.74, 6) is 1.56. The maximum Gasteiger partial charge on any atom is 0.338 e. The lowest BCUT2D eigenvalue weighted by Gasteiger charge is -2.02. The van der Waals surface area contributed by atoms with Crippen molar-refractivity contribution in [3.8, 4) is 22.7 Å². The van der Waals surface area contributed by atoms with Gasteiger partial charge in [-0.25, -0.2) is 4.79 Å². The van der Waals surface area contributed by atoms with Crippen LogP contribution in [0.2, 0.25) is 0 Å². The standard InChI is InChI=1S/C22H18N4O3/c1-2-28-22(27)18-10-8-16(9-11-18)20-13-12-19(29-20)14-24-26-15-23-25-21(26)17-6-4-3-5-7-17/h3-15H,2H2,1H3/b24-14-. The van der Waals surface area contributed by atoms with Gasteiger partial charge in [-0.15, -0.1) is 10.2 Å². The van der Waals surface area contributed by atoms with Crippen LogP contribution in [-0.2, 0) is 4.74 Å².